The number of ether oxygens (including phenoxy) is 1. The zero-order chi connectivity index (χ0) is 33.6. The van der Waals surface area contributed by atoms with Crippen LogP contribution in [0.4, 0.5) is 14.9 Å². The van der Waals surface area contributed by atoms with Crippen molar-refractivity contribution in [1.29, 1.82) is 0 Å². The number of amides is 3. The lowest BCUT2D eigenvalue weighted by atomic mass is 9.91. The minimum Gasteiger partial charge on any atom is -0.444 e. The number of pyridine rings is 1. The van der Waals surface area contributed by atoms with Gasteiger partial charge in [-0.25, -0.2) is 9.18 Å². The molecular weight excluding hydrogens is 587 g/mol. The highest BCUT2D eigenvalue weighted by Gasteiger charge is 2.43. The Balaban J connectivity index is 1.37. The Morgan fingerprint density at radius 2 is 1.74 bits per heavy atom. The number of halogens is 1. The molecule has 3 amide bonds. The van der Waals surface area contributed by atoms with E-state index in [2.05, 4.69) is 25.7 Å². The number of nitrogens with zero attached hydrogens (tertiary/aromatic N) is 6. The van der Waals surface area contributed by atoms with Gasteiger partial charge in [-0.3, -0.25) is 24.4 Å². The summed E-state index contributed by atoms with van der Waals surface area (Å²) in [5.41, 5.74) is 2.62. The maximum absolute atomic E-state index is 14.2. The van der Waals surface area contributed by atoms with Crippen LogP contribution < -0.4 is 4.90 Å². The van der Waals surface area contributed by atoms with Gasteiger partial charge in [0.1, 0.15) is 11.4 Å². The summed E-state index contributed by atoms with van der Waals surface area (Å²) in [6, 6.07) is 8.23. The van der Waals surface area contributed by atoms with Gasteiger partial charge in [0.2, 0.25) is 11.8 Å². The molecule has 0 radical (unpaired) electrons. The highest BCUT2D eigenvalue weighted by Crippen LogP contribution is 2.40. The molecule has 3 atom stereocenters. The molecule has 1 aromatic heterocycles. The van der Waals surface area contributed by atoms with Crippen LogP contribution in [-0.4, -0.2) is 119 Å². The molecule has 0 N–H and O–H groups in total. The first kappa shape index (κ1) is 33.8. The number of carbonyl (C=O) groups excluding carboxylic acids is 3. The molecule has 250 valence electrons. The fraction of sp³-hybridized carbons (Fsp3) is 0.600. The molecule has 2 saturated heterocycles. The van der Waals surface area contributed by atoms with Gasteiger partial charge in [0.25, 0.3) is 0 Å². The predicted molar refractivity (Wildman–Crippen MR) is 175 cm³/mol. The Kier molecular flexibility index (Phi) is 9.48. The topological polar surface area (TPSA) is 89.5 Å². The standard InChI is InChI=1S/C35H49FN6O4/c1-23-16-40(30(43)20-38(23)8)18-28-19-41(33(45)46-34(3,4)5)24(2)17-39(28)21-31(44)42-22-35(6,7)32-29(42)14-26(15-37-32)13-25-9-11-27(36)12-10-25/h9-12,14-15,23-24,28H,13,16-22H2,1-8H3/t23?,24-,28+/m1/s1. The third kappa shape index (κ3) is 7.52. The van der Waals surface area contributed by atoms with Gasteiger partial charge in [0.15, 0.2) is 0 Å². The molecule has 2 aromatic rings. The number of fused-ring (bicyclic) bond motifs is 1. The molecule has 3 aliphatic heterocycles. The normalized spacial score (nSPS) is 23.9. The van der Waals surface area contributed by atoms with Crippen molar-refractivity contribution in [2.75, 3.05) is 57.8 Å². The van der Waals surface area contributed by atoms with E-state index >= 15 is 0 Å². The molecule has 0 aliphatic carbocycles. The van der Waals surface area contributed by atoms with Gasteiger partial charge in [-0.15, -0.1) is 0 Å². The minimum absolute atomic E-state index is 0.0456. The predicted octanol–water partition coefficient (Wildman–Crippen LogP) is 3.91. The number of hydrogen-bond donors (Lipinski definition) is 0. The molecule has 11 heteroatoms. The van der Waals surface area contributed by atoms with Crippen LogP contribution in [0.2, 0.25) is 0 Å². The summed E-state index contributed by atoms with van der Waals surface area (Å²) in [4.78, 5) is 54.9. The van der Waals surface area contributed by atoms with Crippen LogP contribution in [0.25, 0.3) is 0 Å². The summed E-state index contributed by atoms with van der Waals surface area (Å²) in [7, 11) is 1.95. The van der Waals surface area contributed by atoms with Gasteiger partial charge < -0.3 is 19.4 Å². The number of likely N-dealkylation sites (N-methyl/N-ethyl adjacent to an activating group) is 1. The lowest BCUT2D eigenvalue weighted by Crippen LogP contribution is -2.65. The van der Waals surface area contributed by atoms with Gasteiger partial charge in [-0.2, -0.15) is 0 Å². The molecule has 0 bridgehead atoms. The van der Waals surface area contributed by atoms with Crippen molar-refractivity contribution in [3.63, 3.8) is 0 Å². The Morgan fingerprint density at radius 3 is 2.41 bits per heavy atom. The summed E-state index contributed by atoms with van der Waals surface area (Å²) in [6.45, 7) is 16.6. The maximum atomic E-state index is 14.2. The van der Waals surface area contributed by atoms with E-state index in [4.69, 9.17) is 9.72 Å². The zero-order valence-corrected chi connectivity index (χ0v) is 28.5. The summed E-state index contributed by atoms with van der Waals surface area (Å²) in [6.07, 6.45) is 2.04. The van der Waals surface area contributed by atoms with Crippen LogP contribution in [0.15, 0.2) is 36.5 Å². The third-order valence-corrected chi connectivity index (χ3v) is 9.36. The first-order valence-electron chi connectivity index (χ1n) is 16.3. The fourth-order valence-electron chi connectivity index (χ4n) is 6.71. The Hall–Kier alpha value is -3.57. The number of aromatic nitrogens is 1. The first-order valence-corrected chi connectivity index (χ1v) is 16.3. The number of benzene rings is 1. The summed E-state index contributed by atoms with van der Waals surface area (Å²) in [5.74, 6) is -0.279. The molecule has 1 unspecified atom stereocenters. The van der Waals surface area contributed by atoms with Gasteiger partial charge in [0.05, 0.1) is 24.5 Å². The van der Waals surface area contributed by atoms with Crippen LogP contribution >= 0.6 is 0 Å². The average Bonchev–Trinajstić information content (AvgIpc) is 3.23. The average molecular weight is 637 g/mol. The van der Waals surface area contributed by atoms with Gasteiger partial charge in [0, 0.05) is 62.5 Å². The van der Waals surface area contributed by atoms with E-state index in [0.29, 0.717) is 45.7 Å². The van der Waals surface area contributed by atoms with E-state index in [1.54, 1.807) is 17.0 Å². The van der Waals surface area contributed by atoms with Crippen LogP contribution in [0.5, 0.6) is 0 Å². The second-order valence-corrected chi connectivity index (χ2v) is 15.0. The number of anilines is 1. The minimum atomic E-state index is -0.637. The highest BCUT2D eigenvalue weighted by atomic mass is 19.1. The Morgan fingerprint density at radius 1 is 1.04 bits per heavy atom. The molecule has 1 aromatic carbocycles. The quantitative estimate of drug-likeness (QED) is 0.475. The summed E-state index contributed by atoms with van der Waals surface area (Å²) < 4.78 is 19.2. The van der Waals surface area contributed by atoms with Crippen molar-refractivity contribution in [2.24, 2.45) is 0 Å². The first-order chi connectivity index (χ1) is 21.5. The molecule has 4 heterocycles. The fourth-order valence-corrected chi connectivity index (χ4v) is 6.71. The second-order valence-electron chi connectivity index (χ2n) is 15.0. The number of piperazine rings is 2. The molecule has 5 rings (SSSR count). The largest absolute Gasteiger partial charge is 0.444 e. The van der Waals surface area contributed by atoms with Crippen molar-refractivity contribution in [3.05, 3.63) is 59.2 Å². The monoisotopic (exact) mass is 636 g/mol. The van der Waals surface area contributed by atoms with E-state index in [1.165, 1.54) is 12.1 Å². The lowest BCUT2D eigenvalue weighted by Gasteiger charge is -2.47. The van der Waals surface area contributed by atoms with Crippen molar-refractivity contribution in [3.8, 4) is 0 Å². The smallest absolute Gasteiger partial charge is 0.410 e. The molecule has 0 saturated carbocycles. The SMILES string of the molecule is CC1CN(C[C@H]2CN(C(=O)OC(C)(C)C)[C@H](C)CN2CC(=O)N2CC(C)(C)c3ncc(Cc4ccc(F)cc4)cc32)C(=O)CN1C. The van der Waals surface area contributed by atoms with Crippen LogP contribution in [0, 0.1) is 5.82 Å². The Labute approximate surface area is 272 Å². The van der Waals surface area contributed by atoms with E-state index < -0.39 is 5.60 Å². The number of rotatable bonds is 6. The Bertz CT molecular complexity index is 1460. The van der Waals surface area contributed by atoms with Gasteiger partial charge in [-0.1, -0.05) is 26.0 Å². The number of carbonyl (C=O) groups is 3. The van der Waals surface area contributed by atoms with Crippen LogP contribution in [0.3, 0.4) is 0 Å². The second kappa shape index (κ2) is 12.9. The molecule has 46 heavy (non-hydrogen) atoms. The molecule has 0 spiro atoms. The van der Waals surface area contributed by atoms with Crippen molar-refractivity contribution in [1.82, 2.24) is 24.6 Å². The highest BCUT2D eigenvalue weighted by molar-refractivity contribution is 5.97. The molecule has 3 aliphatic rings. The van der Waals surface area contributed by atoms with E-state index in [9.17, 15) is 18.8 Å². The van der Waals surface area contributed by atoms with Gasteiger partial charge >= 0.3 is 6.09 Å². The summed E-state index contributed by atoms with van der Waals surface area (Å²) >= 11 is 0. The molecule has 2 fully saturated rings. The lowest BCUT2D eigenvalue weighted by molar-refractivity contribution is -0.139. The molecular formula is C35H49FN6O4. The third-order valence-electron chi connectivity index (χ3n) is 9.36. The van der Waals surface area contributed by atoms with E-state index in [1.807, 2.05) is 61.7 Å². The zero-order valence-electron chi connectivity index (χ0n) is 28.5. The van der Waals surface area contributed by atoms with Gasteiger partial charge in [-0.05, 0) is 77.4 Å². The van der Waals surface area contributed by atoms with Crippen molar-refractivity contribution < 1.29 is 23.5 Å². The van der Waals surface area contributed by atoms with E-state index in [0.717, 1.165) is 22.5 Å². The molecule has 10 nitrogen and oxygen atoms in total. The summed E-state index contributed by atoms with van der Waals surface area (Å²) in [5, 5.41) is 0. The van der Waals surface area contributed by atoms with Crippen molar-refractivity contribution in [2.45, 2.75) is 84.0 Å². The van der Waals surface area contributed by atoms with Crippen molar-refractivity contribution >= 4 is 23.6 Å². The van der Waals surface area contributed by atoms with E-state index in [-0.39, 0.29) is 53.8 Å². The van der Waals surface area contributed by atoms with Crippen LogP contribution in [0.1, 0.15) is 65.3 Å². The maximum Gasteiger partial charge on any atom is 0.410 e. The van der Waals surface area contributed by atoms with Crippen LogP contribution in [-0.2, 0) is 26.2 Å². The number of hydrogen-bond acceptors (Lipinski definition) is 7.